The molecule has 0 aliphatic carbocycles. The van der Waals surface area contributed by atoms with Gasteiger partial charge in [-0.15, -0.1) is 0 Å². The van der Waals surface area contributed by atoms with E-state index in [1.807, 2.05) is 19.1 Å². The van der Waals surface area contributed by atoms with Crippen LogP contribution in [0.5, 0.6) is 0 Å². The van der Waals surface area contributed by atoms with Crippen LogP contribution in [0.2, 0.25) is 0 Å². The number of anilines is 1. The molecule has 0 spiro atoms. The molecular weight excluding hydrogens is 370 g/mol. The van der Waals surface area contributed by atoms with Gasteiger partial charge < -0.3 is 4.90 Å². The third-order valence-corrected chi connectivity index (χ3v) is 7.37. The van der Waals surface area contributed by atoms with Crippen LogP contribution in [0.3, 0.4) is 0 Å². The van der Waals surface area contributed by atoms with Gasteiger partial charge in [-0.25, -0.2) is 13.4 Å². The predicted octanol–water partition coefficient (Wildman–Crippen LogP) is 3.67. The van der Waals surface area contributed by atoms with Gasteiger partial charge in [0.25, 0.3) is 0 Å². The Bertz CT molecular complexity index is 1120. The first-order valence-electron chi connectivity index (χ1n) is 9.55. The quantitative estimate of drug-likeness (QED) is 0.679. The Kier molecular flexibility index (Phi) is 4.85. The summed E-state index contributed by atoms with van der Waals surface area (Å²) in [6.45, 7) is 8.32. The Balaban J connectivity index is 1.55. The van der Waals surface area contributed by atoms with Crippen LogP contribution in [-0.4, -0.2) is 43.9 Å². The number of rotatable bonds is 3. The second kappa shape index (κ2) is 7.18. The second-order valence-corrected chi connectivity index (χ2v) is 9.41. The highest BCUT2D eigenvalue weighted by Gasteiger charge is 2.29. The van der Waals surface area contributed by atoms with Crippen LogP contribution in [0.1, 0.15) is 16.7 Å². The van der Waals surface area contributed by atoms with Crippen molar-refractivity contribution in [3.63, 3.8) is 0 Å². The van der Waals surface area contributed by atoms with E-state index in [1.165, 1.54) is 10.9 Å². The van der Waals surface area contributed by atoms with Crippen LogP contribution in [-0.2, 0) is 10.0 Å². The number of benzene rings is 2. The maximum Gasteiger partial charge on any atom is 0.243 e. The average molecular weight is 396 g/mol. The zero-order valence-corrected chi connectivity index (χ0v) is 17.3. The molecule has 0 unspecified atom stereocenters. The summed E-state index contributed by atoms with van der Waals surface area (Å²) in [7, 11) is -3.45. The van der Waals surface area contributed by atoms with E-state index in [2.05, 4.69) is 43.0 Å². The van der Waals surface area contributed by atoms with Gasteiger partial charge in [-0.1, -0.05) is 35.9 Å². The van der Waals surface area contributed by atoms with E-state index in [1.54, 1.807) is 16.4 Å². The fourth-order valence-electron chi connectivity index (χ4n) is 3.72. The van der Waals surface area contributed by atoms with E-state index in [9.17, 15) is 8.42 Å². The molecule has 146 valence electrons. The molecule has 5 nitrogen and oxygen atoms in total. The van der Waals surface area contributed by atoms with Crippen molar-refractivity contribution in [2.45, 2.75) is 25.7 Å². The molecule has 1 fully saturated rings. The first-order valence-corrected chi connectivity index (χ1v) is 11.0. The van der Waals surface area contributed by atoms with Gasteiger partial charge in [0.1, 0.15) is 5.82 Å². The third kappa shape index (κ3) is 3.38. The molecular formula is C22H25N3O2S. The van der Waals surface area contributed by atoms with Crippen molar-refractivity contribution >= 4 is 26.7 Å². The number of aromatic nitrogens is 1. The number of pyridine rings is 1. The molecule has 0 N–H and O–H groups in total. The van der Waals surface area contributed by atoms with Crippen molar-refractivity contribution in [3.8, 4) is 0 Å². The minimum Gasteiger partial charge on any atom is -0.354 e. The molecule has 0 radical (unpaired) electrons. The van der Waals surface area contributed by atoms with Gasteiger partial charge in [-0.3, -0.25) is 0 Å². The topological polar surface area (TPSA) is 53.5 Å². The van der Waals surface area contributed by atoms with Crippen molar-refractivity contribution < 1.29 is 8.42 Å². The summed E-state index contributed by atoms with van der Waals surface area (Å²) >= 11 is 0. The Morgan fingerprint density at radius 3 is 2.21 bits per heavy atom. The fourth-order valence-corrected chi connectivity index (χ4v) is 5.14. The number of piperazine rings is 1. The molecule has 6 heteroatoms. The molecule has 28 heavy (non-hydrogen) atoms. The zero-order valence-electron chi connectivity index (χ0n) is 16.5. The summed E-state index contributed by atoms with van der Waals surface area (Å²) in [5, 5.41) is 1.17. The lowest BCUT2D eigenvalue weighted by Gasteiger charge is -2.35. The molecule has 0 saturated carbocycles. The highest BCUT2D eigenvalue weighted by molar-refractivity contribution is 7.89. The number of aryl methyl sites for hydroxylation is 3. The summed E-state index contributed by atoms with van der Waals surface area (Å²) in [4.78, 5) is 7.42. The molecule has 1 aromatic heterocycles. The van der Waals surface area contributed by atoms with Crippen LogP contribution in [0.25, 0.3) is 10.9 Å². The Hall–Kier alpha value is -2.44. The molecule has 1 saturated heterocycles. The number of para-hydroxylation sites is 1. The summed E-state index contributed by atoms with van der Waals surface area (Å²) in [5.74, 6) is 0.923. The van der Waals surface area contributed by atoms with Crippen LogP contribution >= 0.6 is 0 Å². The van der Waals surface area contributed by atoms with E-state index in [0.29, 0.717) is 31.1 Å². The smallest absolute Gasteiger partial charge is 0.243 e. The Labute approximate surface area is 166 Å². The lowest BCUT2D eigenvalue weighted by Crippen LogP contribution is -2.48. The lowest BCUT2D eigenvalue weighted by atomic mass is 10.1. The Morgan fingerprint density at radius 1 is 0.857 bits per heavy atom. The van der Waals surface area contributed by atoms with Gasteiger partial charge in [0, 0.05) is 31.6 Å². The van der Waals surface area contributed by atoms with Crippen molar-refractivity contribution in [2.24, 2.45) is 0 Å². The van der Waals surface area contributed by atoms with E-state index in [4.69, 9.17) is 4.98 Å². The molecule has 0 amide bonds. The van der Waals surface area contributed by atoms with Crippen molar-refractivity contribution in [1.82, 2.24) is 9.29 Å². The van der Waals surface area contributed by atoms with Crippen LogP contribution in [0, 0.1) is 20.8 Å². The van der Waals surface area contributed by atoms with Gasteiger partial charge in [0.05, 0.1) is 10.4 Å². The maximum atomic E-state index is 12.9. The largest absolute Gasteiger partial charge is 0.354 e. The number of hydrogen-bond acceptors (Lipinski definition) is 4. The van der Waals surface area contributed by atoms with E-state index >= 15 is 0 Å². The molecule has 0 bridgehead atoms. The summed E-state index contributed by atoms with van der Waals surface area (Å²) in [6, 6.07) is 15.4. The number of nitrogens with zero attached hydrogens (tertiary/aromatic N) is 3. The van der Waals surface area contributed by atoms with Crippen LogP contribution < -0.4 is 4.90 Å². The first kappa shape index (κ1) is 18.9. The molecule has 1 aliphatic rings. The SMILES string of the molecule is Cc1ccc(S(=O)(=O)N2CCN(c3cc(C)c4cccc(C)c4n3)CC2)cc1. The monoisotopic (exact) mass is 395 g/mol. The fraction of sp³-hybridized carbons (Fsp3) is 0.318. The molecule has 1 aliphatic heterocycles. The highest BCUT2D eigenvalue weighted by atomic mass is 32.2. The predicted molar refractivity (Wildman–Crippen MR) is 113 cm³/mol. The Morgan fingerprint density at radius 2 is 1.54 bits per heavy atom. The van der Waals surface area contributed by atoms with E-state index in [0.717, 1.165) is 22.5 Å². The molecule has 0 atom stereocenters. The first-order chi connectivity index (χ1) is 13.4. The summed E-state index contributed by atoms with van der Waals surface area (Å²) < 4.78 is 27.4. The van der Waals surface area contributed by atoms with Crippen molar-refractivity contribution in [2.75, 3.05) is 31.1 Å². The summed E-state index contributed by atoms with van der Waals surface area (Å²) in [6.07, 6.45) is 0. The molecule has 3 aromatic rings. The van der Waals surface area contributed by atoms with Crippen molar-refractivity contribution in [1.29, 1.82) is 0 Å². The van der Waals surface area contributed by atoms with Gasteiger partial charge in [0.15, 0.2) is 0 Å². The number of hydrogen-bond donors (Lipinski definition) is 0. The third-order valence-electron chi connectivity index (χ3n) is 5.46. The van der Waals surface area contributed by atoms with Gasteiger partial charge in [-0.2, -0.15) is 4.31 Å². The van der Waals surface area contributed by atoms with Crippen molar-refractivity contribution in [3.05, 3.63) is 65.2 Å². The standard InChI is InChI=1S/C22H25N3O2S/c1-16-7-9-19(10-8-16)28(26,27)25-13-11-24(12-14-25)21-15-18(3)20-6-4-5-17(2)22(20)23-21/h4-10,15H,11-14H2,1-3H3. The van der Waals surface area contributed by atoms with Crippen LogP contribution in [0.15, 0.2) is 53.4 Å². The van der Waals surface area contributed by atoms with Gasteiger partial charge >= 0.3 is 0 Å². The van der Waals surface area contributed by atoms with Crippen LogP contribution in [0.4, 0.5) is 5.82 Å². The summed E-state index contributed by atoms with van der Waals surface area (Å²) in [5.41, 5.74) is 4.42. The number of sulfonamides is 1. The lowest BCUT2D eigenvalue weighted by molar-refractivity contribution is 0.384. The normalized spacial score (nSPS) is 15.9. The second-order valence-electron chi connectivity index (χ2n) is 7.47. The molecule has 4 rings (SSSR count). The van der Waals surface area contributed by atoms with E-state index in [-0.39, 0.29) is 0 Å². The maximum absolute atomic E-state index is 12.9. The zero-order chi connectivity index (χ0) is 19.9. The molecule has 2 aromatic carbocycles. The average Bonchev–Trinajstić information content (AvgIpc) is 2.69. The highest BCUT2D eigenvalue weighted by Crippen LogP contribution is 2.26. The molecule has 2 heterocycles. The van der Waals surface area contributed by atoms with E-state index < -0.39 is 10.0 Å². The minimum absolute atomic E-state index is 0.363. The van der Waals surface area contributed by atoms with Gasteiger partial charge in [-0.05, 0) is 50.1 Å². The number of fused-ring (bicyclic) bond motifs is 1. The van der Waals surface area contributed by atoms with Gasteiger partial charge in [0.2, 0.25) is 10.0 Å². The minimum atomic E-state index is -3.45.